The van der Waals surface area contributed by atoms with E-state index in [1.165, 1.54) is 26.3 Å². The Labute approximate surface area is 113 Å². The van der Waals surface area contributed by atoms with Gasteiger partial charge in [-0.05, 0) is 31.4 Å². The van der Waals surface area contributed by atoms with Crippen molar-refractivity contribution in [2.24, 2.45) is 0 Å². The highest BCUT2D eigenvalue weighted by Gasteiger charge is 2.15. The molecule has 1 aliphatic rings. The van der Waals surface area contributed by atoms with Crippen molar-refractivity contribution >= 4 is 24.0 Å². The van der Waals surface area contributed by atoms with Gasteiger partial charge in [0.1, 0.15) is 5.69 Å². The van der Waals surface area contributed by atoms with Crippen LogP contribution in [0.15, 0.2) is 18.3 Å². The molecule has 100 valence electrons. The molecule has 18 heavy (non-hydrogen) atoms. The summed E-state index contributed by atoms with van der Waals surface area (Å²) in [7, 11) is 1.30. The van der Waals surface area contributed by atoms with Crippen molar-refractivity contribution in [1.29, 1.82) is 0 Å². The zero-order valence-electron chi connectivity index (χ0n) is 10.4. The highest BCUT2D eigenvalue weighted by atomic mass is 35.5. The first-order valence-corrected chi connectivity index (χ1v) is 5.86. The summed E-state index contributed by atoms with van der Waals surface area (Å²) in [5, 5.41) is 9.66. The minimum atomic E-state index is -0.483. The van der Waals surface area contributed by atoms with Crippen LogP contribution in [0.2, 0.25) is 0 Å². The van der Waals surface area contributed by atoms with E-state index in [0.29, 0.717) is 5.06 Å². The van der Waals surface area contributed by atoms with Crippen molar-refractivity contribution in [2.75, 3.05) is 25.0 Å². The molecule has 1 aliphatic heterocycles. The molecule has 0 saturated carbocycles. The van der Waals surface area contributed by atoms with Crippen LogP contribution >= 0.6 is 12.4 Å². The van der Waals surface area contributed by atoms with E-state index in [0.717, 1.165) is 18.8 Å². The number of nitrogens with zero attached hydrogens (tertiary/aromatic N) is 3. The molecule has 2 rings (SSSR count). The Morgan fingerprint density at radius 3 is 2.67 bits per heavy atom. The van der Waals surface area contributed by atoms with Gasteiger partial charge in [0.05, 0.1) is 0 Å². The lowest BCUT2D eigenvalue weighted by Crippen LogP contribution is -2.30. The van der Waals surface area contributed by atoms with E-state index in [1.54, 1.807) is 12.3 Å². The summed E-state index contributed by atoms with van der Waals surface area (Å²) in [6, 6.07) is 3.64. The Bertz CT molecular complexity index is 406. The van der Waals surface area contributed by atoms with Gasteiger partial charge in [0.2, 0.25) is 0 Å². The number of pyridine rings is 1. The summed E-state index contributed by atoms with van der Waals surface area (Å²) in [5.74, 6) is -0.483. The number of rotatable bonds is 2. The van der Waals surface area contributed by atoms with Gasteiger partial charge in [0, 0.05) is 32.0 Å². The molecule has 0 unspecified atom stereocenters. The van der Waals surface area contributed by atoms with Gasteiger partial charge in [-0.15, -0.1) is 12.4 Å². The maximum atomic E-state index is 11.6. The number of carbonyl (C=O) groups is 1. The van der Waals surface area contributed by atoms with E-state index in [4.69, 9.17) is 5.21 Å². The van der Waals surface area contributed by atoms with Gasteiger partial charge in [-0.25, -0.2) is 5.06 Å². The number of piperidine rings is 1. The molecule has 1 fully saturated rings. The third-order valence-corrected chi connectivity index (χ3v) is 2.98. The summed E-state index contributed by atoms with van der Waals surface area (Å²) in [4.78, 5) is 17.8. The molecule has 0 aliphatic carbocycles. The van der Waals surface area contributed by atoms with Crippen LogP contribution < -0.4 is 4.90 Å². The van der Waals surface area contributed by atoms with Crippen LogP contribution in [0.1, 0.15) is 29.8 Å². The van der Waals surface area contributed by atoms with E-state index < -0.39 is 5.91 Å². The Morgan fingerprint density at radius 1 is 1.39 bits per heavy atom. The minimum absolute atomic E-state index is 0. The molecule has 0 aromatic carbocycles. The van der Waals surface area contributed by atoms with Gasteiger partial charge in [0.15, 0.2) is 0 Å². The summed E-state index contributed by atoms with van der Waals surface area (Å²) in [5.41, 5.74) is 1.28. The normalized spacial score (nSPS) is 14.9. The molecule has 6 heteroatoms. The number of hydrogen-bond donors (Lipinski definition) is 1. The summed E-state index contributed by atoms with van der Waals surface area (Å²) in [6.45, 7) is 2.04. The summed E-state index contributed by atoms with van der Waals surface area (Å²) in [6.07, 6.45) is 5.25. The number of aromatic nitrogens is 1. The van der Waals surface area contributed by atoms with E-state index in [2.05, 4.69) is 9.88 Å². The highest BCUT2D eigenvalue weighted by Crippen LogP contribution is 2.20. The Morgan fingerprint density at radius 2 is 2.06 bits per heavy atom. The maximum absolute atomic E-state index is 11.6. The van der Waals surface area contributed by atoms with Crippen LogP contribution in [-0.2, 0) is 0 Å². The molecular formula is C12H18ClN3O2. The lowest BCUT2D eigenvalue weighted by Gasteiger charge is -2.28. The molecule has 0 atom stereocenters. The molecule has 0 bridgehead atoms. The maximum Gasteiger partial charge on any atom is 0.295 e. The highest BCUT2D eigenvalue weighted by molar-refractivity contribution is 5.92. The topological polar surface area (TPSA) is 56.7 Å². The zero-order chi connectivity index (χ0) is 12.3. The lowest BCUT2D eigenvalue weighted by atomic mass is 10.1. The average molecular weight is 272 g/mol. The third kappa shape index (κ3) is 3.34. The van der Waals surface area contributed by atoms with Crippen LogP contribution in [0, 0.1) is 0 Å². The Kier molecular flexibility index (Phi) is 5.37. The lowest BCUT2D eigenvalue weighted by molar-refractivity contribution is -0.0379. The molecule has 2 heterocycles. The second-order valence-electron chi connectivity index (χ2n) is 4.28. The predicted molar refractivity (Wildman–Crippen MR) is 71.4 cm³/mol. The van der Waals surface area contributed by atoms with Gasteiger partial charge in [0.25, 0.3) is 5.91 Å². The fourth-order valence-corrected chi connectivity index (χ4v) is 2.05. The van der Waals surface area contributed by atoms with E-state index in [-0.39, 0.29) is 18.1 Å². The molecule has 1 aromatic rings. The number of hydrogen-bond acceptors (Lipinski definition) is 4. The zero-order valence-corrected chi connectivity index (χ0v) is 11.2. The van der Waals surface area contributed by atoms with E-state index in [9.17, 15) is 4.79 Å². The average Bonchev–Trinajstić information content (AvgIpc) is 2.39. The van der Waals surface area contributed by atoms with Crippen LogP contribution in [0.3, 0.4) is 0 Å². The summed E-state index contributed by atoms with van der Waals surface area (Å²) < 4.78 is 0. The largest absolute Gasteiger partial charge is 0.371 e. The molecule has 1 saturated heterocycles. The fourth-order valence-electron chi connectivity index (χ4n) is 2.05. The summed E-state index contributed by atoms with van der Waals surface area (Å²) >= 11 is 0. The van der Waals surface area contributed by atoms with Crippen molar-refractivity contribution < 1.29 is 10.0 Å². The van der Waals surface area contributed by atoms with Crippen LogP contribution in [-0.4, -0.2) is 41.3 Å². The van der Waals surface area contributed by atoms with Crippen molar-refractivity contribution in [3.8, 4) is 0 Å². The fraction of sp³-hybridized carbons (Fsp3) is 0.500. The van der Waals surface area contributed by atoms with Crippen LogP contribution in [0.5, 0.6) is 0 Å². The van der Waals surface area contributed by atoms with Crippen LogP contribution in [0.4, 0.5) is 5.69 Å². The minimum Gasteiger partial charge on any atom is -0.371 e. The Balaban J connectivity index is 0.00000162. The van der Waals surface area contributed by atoms with Gasteiger partial charge in [-0.2, -0.15) is 0 Å². The monoisotopic (exact) mass is 271 g/mol. The molecular weight excluding hydrogens is 254 g/mol. The number of carbonyl (C=O) groups excluding carboxylic acids is 1. The van der Waals surface area contributed by atoms with Gasteiger partial charge >= 0.3 is 0 Å². The first-order chi connectivity index (χ1) is 8.18. The first-order valence-electron chi connectivity index (χ1n) is 5.86. The second kappa shape index (κ2) is 6.56. The van der Waals surface area contributed by atoms with Crippen LogP contribution in [0.25, 0.3) is 0 Å². The van der Waals surface area contributed by atoms with E-state index in [1.807, 2.05) is 6.07 Å². The van der Waals surface area contributed by atoms with Crippen molar-refractivity contribution in [3.63, 3.8) is 0 Å². The molecule has 1 amide bonds. The molecule has 0 radical (unpaired) electrons. The number of hydroxylamine groups is 2. The molecule has 1 N–H and O–H groups in total. The number of amides is 1. The second-order valence-corrected chi connectivity index (χ2v) is 4.28. The molecule has 5 nitrogen and oxygen atoms in total. The molecule has 1 aromatic heterocycles. The van der Waals surface area contributed by atoms with Gasteiger partial charge in [-0.1, -0.05) is 0 Å². The molecule has 0 spiro atoms. The quantitative estimate of drug-likeness (QED) is 0.660. The van der Waals surface area contributed by atoms with Gasteiger partial charge < -0.3 is 4.90 Å². The number of halogens is 1. The van der Waals surface area contributed by atoms with E-state index >= 15 is 0 Å². The van der Waals surface area contributed by atoms with Crippen molar-refractivity contribution in [2.45, 2.75) is 19.3 Å². The smallest absolute Gasteiger partial charge is 0.295 e. The van der Waals surface area contributed by atoms with Crippen molar-refractivity contribution in [1.82, 2.24) is 10.0 Å². The predicted octanol–water partition coefficient (Wildman–Crippen LogP) is 1.95. The SMILES string of the molecule is CN(O)C(=O)c1cc(N2CCCCC2)ccn1.Cl. The third-order valence-electron chi connectivity index (χ3n) is 2.98. The Hall–Kier alpha value is -1.33. The standard InChI is InChI=1S/C12H17N3O2.ClH/c1-14(17)12(16)11-9-10(5-6-13-11)15-7-3-2-4-8-15;/h5-6,9,17H,2-4,7-8H2,1H3;1H. The van der Waals surface area contributed by atoms with Gasteiger partial charge in [-0.3, -0.25) is 15.0 Å². The van der Waals surface area contributed by atoms with Crippen molar-refractivity contribution in [3.05, 3.63) is 24.0 Å². The first kappa shape index (κ1) is 14.7. The number of anilines is 1.